The fourth-order valence-corrected chi connectivity index (χ4v) is 10.7. The van der Waals surface area contributed by atoms with Gasteiger partial charge in [0, 0.05) is 19.1 Å². The fourth-order valence-electron chi connectivity index (χ4n) is 6.16. The van der Waals surface area contributed by atoms with Gasteiger partial charge >= 0.3 is 5.97 Å². The molecule has 0 radical (unpaired) electrons. The Hall–Kier alpha value is -1.58. The first-order chi connectivity index (χ1) is 20.3. The van der Waals surface area contributed by atoms with Crippen molar-refractivity contribution in [2.24, 2.45) is 17.6 Å². The number of rotatable bonds is 17. The van der Waals surface area contributed by atoms with Crippen molar-refractivity contribution in [3.8, 4) is 0 Å². The number of unbranched alkanes of at least 4 members (excludes halogenated alkanes) is 1. The minimum absolute atomic E-state index is 0.0243. The summed E-state index contributed by atoms with van der Waals surface area (Å²) in [5, 5.41) is 13.9. The van der Waals surface area contributed by atoms with Crippen LogP contribution in [0.2, 0.25) is 0 Å². The van der Waals surface area contributed by atoms with Crippen LogP contribution in [0.5, 0.6) is 0 Å². The van der Waals surface area contributed by atoms with Crippen LogP contribution in [0.25, 0.3) is 0 Å². The summed E-state index contributed by atoms with van der Waals surface area (Å²) in [5.74, 6) is -1.38. The van der Waals surface area contributed by atoms with Crippen LogP contribution in [0.4, 0.5) is 0 Å². The van der Waals surface area contributed by atoms with Gasteiger partial charge in [0.2, 0.25) is 15.9 Å². The number of carboxylic acids is 1. The van der Waals surface area contributed by atoms with Crippen LogP contribution >= 0.6 is 11.3 Å². The first-order valence-electron chi connectivity index (χ1n) is 15.6. The smallest absolute Gasteiger partial charge is 0.322 e. The molecule has 3 rings (SSSR count). The number of thiophene rings is 1. The molecule has 1 aromatic heterocycles. The molecule has 0 unspecified atom stereocenters. The minimum atomic E-state index is -3.84. The number of amides is 1. The molecule has 2 aliphatic rings. The molecule has 1 heterocycles. The number of aliphatic carboxylic acids is 1. The first kappa shape index (κ1) is 35.9. The molecule has 2 aliphatic carbocycles. The van der Waals surface area contributed by atoms with E-state index in [2.05, 4.69) is 10.0 Å². The van der Waals surface area contributed by atoms with E-state index in [4.69, 9.17) is 5.73 Å². The van der Waals surface area contributed by atoms with Crippen molar-refractivity contribution in [1.29, 1.82) is 0 Å². The van der Waals surface area contributed by atoms with Crippen LogP contribution in [-0.2, 0) is 29.6 Å². The monoisotopic (exact) mass is 662 g/mol. The molecule has 1 amide bonds. The van der Waals surface area contributed by atoms with E-state index in [-0.39, 0.29) is 41.6 Å². The number of sulfonamides is 2. The number of hydrogen-bond acceptors (Lipinski definition) is 8. The van der Waals surface area contributed by atoms with Gasteiger partial charge in [-0.2, -0.15) is 9.03 Å². The summed E-state index contributed by atoms with van der Waals surface area (Å²) < 4.78 is 57.0. The summed E-state index contributed by atoms with van der Waals surface area (Å²) >= 11 is 1.09. The van der Waals surface area contributed by atoms with Gasteiger partial charge in [-0.3, -0.25) is 9.59 Å². The highest BCUT2D eigenvalue weighted by Crippen LogP contribution is 2.30. The Morgan fingerprint density at radius 1 is 1.05 bits per heavy atom. The Labute approximate surface area is 261 Å². The Morgan fingerprint density at radius 3 is 2.30 bits per heavy atom. The number of carbonyl (C=O) groups excluding carboxylic acids is 1. The lowest BCUT2D eigenvalue weighted by atomic mass is 9.85. The van der Waals surface area contributed by atoms with E-state index in [0.717, 1.165) is 43.4 Å². The average molecular weight is 663 g/mol. The molecular formula is C29H50N4O7S3. The second-order valence-electron chi connectivity index (χ2n) is 12.5. The molecule has 43 heavy (non-hydrogen) atoms. The van der Waals surface area contributed by atoms with Crippen molar-refractivity contribution in [2.45, 2.75) is 125 Å². The van der Waals surface area contributed by atoms with Gasteiger partial charge in [-0.1, -0.05) is 52.0 Å². The van der Waals surface area contributed by atoms with Crippen LogP contribution in [0.15, 0.2) is 21.7 Å². The predicted molar refractivity (Wildman–Crippen MR) is 169 cm³/mol. The highest BCUT2D eigenvalue weighted by atomic mass is 32.2. The van der Waals surface area contributed by atoms with Crippen molar-refractivity contribution >= 4 is 43.3 Å². The van der Waals surface area contributed by atoms with Crippen molar-refractivity contribution in [3.05, 3.63) is 17.5 Å². The maximum atomic E-state index is 13.6. The van der Waals surface area contributed by atoms with Gasteiger partial charge in [0.15, 0.2) is 0 Å². The van der Waals surface area contributed by atoms with Crippen molar-refractivity contribution in [3.63, 3.8) is 0 Å². The summed E-state index contributed by atoms with van der Waals surface area (Å²) in [6.07, 6.45) is 8.60. The van der Waals surface area contributed by atoms with Gasteiger partial charge in [0.25, 0.3) is 10.0 Å². The maximum Gasteiger partial charge on any atom is 0.322 e. The van der Waals surface area contributed by atoms with E-state index in [9.17, 15) is 31.5 Å². The number of nitrogens with two attached hydrogens (primary N) is 1. The molecule has 0 saturated heterocycles. The van der Waals surface area contributed by atoms with E-state index < -0.39 is 49.3 Å². The van der Waals surface area contributed by atoms with E-state index >= 15 is 0 Å². The maximum absolute atomic E-state index is 13.6. The standard InChI is InChI=1S/C29H50N4O7S3/c1-21(2)20-33(43(39,40)24-15-13-23(30)14-16-24)26(29(35)36)11-6-7-17-31-28(34)25(19-22-9-4-3-5-10-22)32-42(37,38)27-12-8-18-41-27/h8,12,18,21-26,32H,3-7,9-11,13-17,19-20,30H2,1-2H3,(H,31,34)(H,35,36)/t23?,24?,25-,26-/m0/s1. The highest BCUT2D eigenvalue weighted by molar-refractivity contribution is 7.91. The van der Waals surface area contributed by atoms with Crippen LogP contribution in [0.3, 0.4) is 0 Å². The molecule has 0 aliphatic heterocycles. The summed E-state index contributed by atoms with van der Waals surface area (Å²) in [5.41, 5.74) is 5.97. The Kier molecular flexibility index (Phi) is 13.9. The molecule has 11 nitrogen and oxygen atoms in total. The molecule has 5 N–H and O–H groups in total. The quantitative estimate of drug-likeness (QED) is 0.183. The van der Waals surface area contributed by atoms with Crippen molar-refractivity contribution < 1.29 is 31.5 Å². The summed E-state index contributed by atoms with van der Waals surface area (Å²) in [7, 11) is -7.68. The molecule has 1 aromatic rings. The molecule has 2 saturated carbocycles. The molecule has 2 fully saturated rings. The summed E-state index contributed by atoms with van der Waals surface area (Å²) in [6.45, 7) is 4.07. The second kappa shape index (κ2) is 16.6. The molecule has 2 atom stereocenters. The van der Waals surface area contributed by atoms with E-state index in [1.807, 2.05) is 13.8 Å². The first-order valence-corrected chi connectivity index (χ1v) is 19.5. The van der Waals surface area contributed by atoms with Crippen LogP contribution in [0, 0.1) is 11.8 Å². The van der Waals surface area contributed by atoms with Crippen LogP contribution < -0.4 is 15.8 Å². The summed E-state index contributed by atoms with van der Waals surface area (Å²) in [6, 6.07) is 1.03. The fraction of sp³-hybridized carbons (Fsp3) is 0.793. The summed E-state index contributed by atoms with van der Waals surface area (Å²) in [4.78, 5) is 25.5. The van der Waals surface area contributed by atoms with Gasteiger partial charge in [-0.05, 0) is 74.6 Å². The topological polar surface area (TPSA) is 176 Å². The van der Waals surface area contributed by atoms with E-state index in [1.165, 1.54) is 10.4 Å². The number of carbonyl (C=O) groups is 2. The normalized spacial score (nSPS) is 22.0. The number of nitrogens with zero attached hydrogens (tertiary/aromatic N) is 1. The van der Waals surface area contributed by atoms with Crippen molar-refractivity contribution in [2.75, 3.05) is 13.1 Å². The third-order valence-corrected chi connectivity index (χ3v) is 13.8. The number of hydrogen-bond donors (Lipinski definition) is 4. The van der Waals surface area contributed by atoms with Crippen molar-refractivity contribution in [1.82, 2.24) is 14.3 Å². The Bertz CT molecular complexity index is 1220. The molecule has 246 valence electrons. The zero-order valence-electron chi connectivity index (χ0n) is 25.4. The van der Waals surface area contributed by atoms with Gasteiger partial charge in [0.1, 0.15) is 16.3 Å². The van der Waals surface area contributed by atoms with Gasteiger partial charge < -0.3 is 16.2 Å². The van der Waals surface area contributed by atoms with E-state index in [1.54, 1.807) is 11.4 Å². The Morgan fingerprint density at radius 2 is 1.72 bits per heavy atom. The number of carboxylic acid groups (broad SMARTS) is 1. The SMILES string of the molecule is CC(C)CN([C@@H](CCCCNC(=O)[C@H](CC1CCCCC1)NS(=O)(=O)c1cccs1)C(=O)O)S(=O)(=O)C1CCC(N)CC1. The Balaban J connectivity index is 1.60. The molecule has 0 bridgehead atoms. The molecule has 0 aromatic carbocycles. The average Bonchev–Trinajstić information content (AvgIpc) is 3.50. The zero-order chi connectivity index (χ0) is 31.6. The lowest BCUT2D eigenvalue weighted by molar-refractivity contribution is -0.142. The predicted octanol–water partition coefficient (Wildman–Crippen LogP) is 3.66. The largest absolute Gasteiger partial charge is 0.480 e. The molecular weight excluding hydrogens is 613 g/mol. The zero-order valence-corrected chi connectivity index (χ0v) is 27.9. The second-order valence-corrected chi connectivity index (χ2v) is 17.6. The van der Waals surface area contributed by atoms with Gasteiger partial charge in [-0.15, -0.1) is 11.3 Å². The third-order valence-electron chi connectivity index (χ3n) is 8.52. The lowest BCUT2D eigenvalue weighted by Gasteiger charge is -2.35. The third kappa shape index (κ3) is 10.8. The highest BCUT2D eigenvalue weighted by Gasteiger charge is 2.41. The molecule has 0 spiro atoms. The van der Waals surface area contributed by atoms with Crippen LogP contribution in [0.1, 0.15) is 97.3 Å². The van der Waals surface area contributed by atoms with Gasteiger partial charge in [-0.25, -0.2) is 16.8 Å². The lowest BCUT2D eigenvalue weighted by Crippen LogP contribution is -2.51. The van der Waals surface area contributed by atoms with Gasteiger partial charge in [0.05, 0.1) is 5.25 Å². The number of nitrogens with one attached hydrogen (secondary N) is 2. The molecule has 14 heteroatoms. The van der Waals surface area contributed by atoms with Crippen LogP contribution in [-0.4, -0.2) is 74.6 Å². The minimum Gasteiger partial charge on any atom is -0.480 e. The van der Waals surface area contributed by atoms with E-state index in [0.29, 0.717) is 44.9 Å².